The maximum absolute atomic E-state index is 13.0. The van der Waals surface area contributed by atoms with Crippen LogP contribution in [-0.2, 0) is 11.2 Å². The zero-order valence-electron chi connectivity index (χ0n) is 16.8. The highest BCUT2D eigenvalue weighted by Gasteiger charge is 2.28. The molecule has 11 heteroatoms. The summed E-state index contributed by atoms with van der Waals surface area (Å²) in [4.78, 5) is 28.4. The van der Waals surface area contributed by atoms with Gasteiger partial charge in [0.05, 0.1) is 0 Å². The minimum Gasteiger partial charge on any atom is -0.343 e. The number of aromatic nitrogens is 2. The number of benzene rings is 2. The van der Waals surface area contributed by atoms with E-state index in [1.807, 2.05) is 0 Å². The van der Waals surface area contributed by atoms with E-state index >= 15 is 0 Å². The number of aryl methyl sites for hydroxylation is 2. The predicted octanol–water partition coefficient (Wildman–Crippen LogP) is 4.05. The molecule has 0 aliphatic heterocycles. The first-order chi connectivity index (χ1) is 15.1. The lowest BCUT2D eigenvalue weighted by Crippen LogP contribution is -2.33. The molecule has 0 saturated carbocycles. The zero-order valence-corrected chi connectivity index (χ0v) is 16.8. The van der Waals surface area contributed by atoms with Crippen LogP contribution in [0.15, 0.2) is 47.0 Å². The zero-order chi connectivity index (χ0) is 23.3. The van der Waals surface area contributed by atoms with Crippen LogP contribution in [0.5, 0.6) is 0 Å². The van der Waals surface area contributed by atoms with Gasteiger partial charge in [-0.25, -0.2) is 4.39 Å². The molecule has 0 saturated heterocycles. The van der Waals surface area contributed by atoms with Crippen LogP contribution in [0.4, 0.5) is 23.2 Å². The normalized spacial score (nSPS) is 11.3. The van der Waals surface area contributed by atoms with E-state index in [4.69, 9.17) is 4.52 Å². The van der Waals surface area contributed by atoms with Crippen molar-refractivity contribution in [3.63, 3.8) is 0 Å². The summed E-state index contributed by atoms with van der Waals surface area (Å²) in [5.74, 6) is -1.25. The van der Waals surface area contributed by atoms with E-state index in [-0.39, 0.29) is 30.1 Å². The van der Waals surface area contributed by atoms with Crippen LogP contribution < -0.4 is 10.6 Å². The molecule has 168 valence electrons. The van der Waals surface area contributed by atoms with Gasteiger partial charge in [0, 0.05) is 29.7 Å². The quantitative estimate of drug-likeness (QED) is 0.530. The van der Waals surface area contributed by atoms with Gasteiger partial charge >= 0.3 is 6.18 Å². The van der Waals surface area contributed by atoms with Crippen molar-refractivity contribution in [2.45, 2.75) is 25.9 Å². The van der Waals surface area contributed by atoms with Crippen molar-refractivity contribution >= 4 is 17.5 Å². The SMILES string of the molecule is Cc1ccc(C(=O)NCC(F)(F)F)cc1NC(=O)CCc1nc(-c2ccc(F)cc2)no1. The third-order valence-electron chi connectivity index (χ3n) is 4.36. The van der Waals surface area contributed by atoms with E-state index in [0.29, 0.717) is 16.8 Å². The van der Waals surface area contributed by atoms with E-state index in [0.717, 1.165) is 0 Å². The molecule has 2 aromatic carbocycles. The first kappa shape index (κ1) is 22.9. The number of nitrogens with zero attached hydrogens (tertiary/aromatic N) is 2. The molecule has 0 spiro atoms. The molecule has 0 fully saturated rings. The average Bonchev–Trinajstić information content (AvgIpc) is 3.21. The number of amides is 2. The second-order valence-electron chi connectivity index (χ2n) is 6.89. The van der Waals surface area contributed by atoms with Crippen molar-refractivity contribution in [3.8, 4) is 11.4 Å². The highest BCUT2D eigenvalue weighted by Crippen LogP contribution is 2.19. The number of hydrogen-bond acceptors (Lipinski definition) is 5. The molecule has 0 unspecified atom stereocenters. The summed E-state index contributed by atoms with van der Waals surface area (Å²) in [6.07, 6.45) is -4.41. The van der Waals surface area contributed by atoms with Gasteiger partial charge in [0.1, 0.15) is 12.4 Å². The molecule has 0 aliphatic rings. The fourth-order valence-electron chi connectivity index (χ4n) is 2.69. The van der Waals surface area contributed by atoms with Gasteiger partial charge in [0.25, 0.3) is 5.91 Å². The molecule has 1 heterocycles. The fraction of sp³-hybridized carbons (Fsp3) is 0.238. The van der Waals surface area contributed by atoms with Gasteiger partial charge in [0.15, 0.2) is 0 Å². The maximum atomic E-state index is 13.0. The molecular formula is C21H18F4N4O3. The number of hydrogen-bond donors (Lipinski definition) is 2. The van der Waals surface area contributed by atoms with Gasteiger partial charge in [-0.2, -0.15) is 18.2 Å². The standard InChI is InChI=1S/C21H18F4N4O3/c1-12-2-3-14(20(31)26-11-21(23,24)25)10-16(12)27-17(30)8-9-18-28-19(29-32-18)13-4-6-15(22)7-5-13/h2-7,10H,8-9,11H2,1H3,(H,26,31)(H,27,30). The minimum atomic E-state index is -4.53. The Labute approximate surface area is 179 Å². The summed E-state index contributed by atoms with van der Waals surface area (Å²) < 4.78 is 54.9. The van der Waals surface area contributed by atoms with E-state index in [1.54, 1.807) is 12.2 Å². The fourth-order valence-corrected chi connectivity index (χ4v) is 2.69. The lowest BCUT2D eigenvalue weighted by Gasteiger charge is -2.12. The number of anilines is 1. The Kier molecular flexibility index (Phi) is 6.86. The Balaban J connectivity index is 1.58. The summed E-state index contributed by atoms with van der Waals surface area (Å²) in [6, 6.07) is 9.71. The highest BCUT2D eigenvalue weighted by atomic mass is 19.4. The molecule has 32 heavy (non-hydrogen) atoms. The monoisotopic (exact) mass is 450 g/mol. The Morgan fingerprint density at radius 1 is 1.09 bits per heavy atom. The van der Waals surface area contributed by atoms with E-state index < -0.39 is 30.4 Å². The average molecular weight is 450 g/mol. The van der Waals surface area contributed by atoms with Crippen LogP contribution in [-0.4, -0.2) is 34.7 Å². The number of carbonyl (C=O) groups is 2. The Morgan fingerprint density at radius 3 is 2.50 bits per heavy atom. The number of carbonyl (C=O) groups excluding carboxylic acids is 2. The van der Waals surface area contributed by atoms with Gasteiger partial charge < -0.3 is 15.2 Å². The first-order valence-corrected chi connectivity index (χ1v) is 9.45. The minimum absolute atomic E-state index is 0.0176. The van der Waals surface area contributed by atoms with Crippen LogP contribution in [0.25, 0.3) is 11.4 Å². The van der Waals surface area contributed by atoms with Gasteiger partial charge in [-0.3, -0.25) is 9.59 Å². The van der Waals surface area contributed by atoms with Crippen LogP contribution in [0.2, 0.25) is 0 Å². The van der Waals surface area contributed by atoms with Crippen molar-refractivity contribution < 1.29 is 31.7 Å². The summed E-state index contributed by atoms with van der Waals surface area (Å²) in [5, 5.41) is 8.19. The molecule has 2 amide bonds. The third-order valence-corrected chi connectivity index (χ3v) is 4.36. The molecule has 0 aliphatic carbocycles. The summed E-state index contributed by atoms with van der Waals surface area (Å²) in [5.41, 5.74) is 1.47. The van der Waals surface area contributed by atoms with Crippen molar-refractivity contribution in [2.24, 2.45) is 0 Å². The Bertz CT molecular complexity index is 1110. The van der Waals surface area contributed by atoms with Crippen molar-refractivity contribution in [1.29, 1.82) is 0 Å². The van der Waals surface area contributed by atoms with Crippen LogP contribution in [0, 0.1) is 12.7 Å². The maximum Gasteiger partial charge on any atom is 0.405 e. The Hall–Kier alpha value is -3.76. The molecular weight excluding hydrogens is 432 g/mol. The molecule has 0 bridgehead atoms. The molecule has 7 nitrogen and oxygen atoms in total. The number of nitrogens with one attached hydrogen (secondary N) is 2. The molecule has 3 aromatic rings. The lowest BCUT2D eigenvalue weighted by atomic mass is 10.1. The number of rotatable bonds is 7. The third kappa shape index (κ3) is 6.37. The smallest absolute Gasteiger partial charge is 0.343 e. The number of alkyl halides is 3. The van der Waals surface area contributed by atoms with E-state index in [1.165, 1.54) is 42.5 Å². The van der Waals surface area contributed by atoms with Crippen LogP contribution in [0.3, 0.4) is 0 Å². The van der Waals surface area contributed by atoms with Gasteiger partial charge in [0.2, 0.25) is 17.6 Å². The van der Waals surface area contributed by atoms with Gasteiger partial charge in [-0.05, 0) is 48.9 Å². The summed E-state index contributed by atoms with van der Waals surface area (Å²) in [6.45, 7) is 0.228. The first-order valence-electron chi connectivity index (χ1n) is 9.45. The highest BCUT2D eigenvalue weighted by molar-refractivity contribution is 5.97. The Morgan fingerprint density at radius 2 is 1.81 bits per heavy atom. The van der Waals surface area contributed by atoms with Crippen molar-refractivity contribution in [2.75, 3.05) is 11.9 Å². The number of halogens is 4. The van der Waals surface area contributed by atoms with E-state index in [2.05, 4.69) is 15.5 Å². The topological polar surface area (TPSA) is 97.1 Å². The molecule has 0 radical (unpaired) electrons. The molecule has 3 rings (SSSR count). The second-order valence-corrected chi connectivity index (χ2v) is 6.89. The van der Waals surface area contributed by atoms with Crippen molar-refractivity contribution in [3.05, 3.63) is 65.3 Å². The second kappa shape index (κ2) is 9.58. The lowest BCUT2D eigenvalue weighted by molar-refractivity contribution is -0.123. The molecule has 0 atom stereocenters. The predicted molar refractivity (Wildman–Crippen MR) is 106 cm³/mol. The van der Waals surface area contributed by atoms with Crippen molar-refractivity contribution in [1.82, 2.24) is 15.5 Å². The van der Waals surface area contributed by atoms with Gasteiger partial charge in [-0.15, -0.1) is 0 Å². The van der Waals surface area contributed by atoms with Crippen LogP contribution >= 0.6 is 0 Å². The summed E-state index contributed by atoms with van der Waals surface area (Å²) >= 11 is 0. The van der Waals surface area contributed by atoms with Crippen LogP contribution in [0.1, 0.15) is 28.2 Å². The van der Waals surface area contributed by atoms with E-state index in [9.17, 15) is 27.2 Å². The van der Waals surface area contributed by atoms with Gasteiger partial charge in [-0.1, -0.05) is 11.2 Å². The molecule has 2 N–H and O–H groups in total. The molecule has 1 aromatic heterocycles. The summed E-state index contributed by atoms with van der Waals surface area (Å²) in [7, 11) is 0. The largest absolute Gasteiger partial charge is 0.405 e.